The third-order valence-corrected chi connectivity index (χ3v) is 17.3. The SMILES string of the molecule is CCC[C@H](C)C1C=CC(/C=C(\C)[C@H](C[C@@H]2CC[C@@H](C)[C@](O)(C(=O)C(=O)N3CCCC4[C@H]3C(=O)O[C@@H](CC(=O)[C@H](C)/C=C(\C)[C@@H](O)[C@@H](OC)C(C)=O)[C@H]4C[C@@H]3CC[C@@H](O)[C@H](OC)C3)O2)OC)ON1c1c(Cl)cccc1Cl. The average Bonchev–Trinajstić information content (AvgIpc) is 3.37. The maximum absolute atomic E-state index is 14.7. The molecule has 1 amide bonds. The van der Waals surface area contributed by atoms with Gasteiger partial charge in [-0.25, -0.2) is 9.86 Å². The number of fused-ring (bicyclic) bond motifs is 1. The van der Waals surface area contributed by atoms with Gasteiger partial charge in [-0.1, -0.05) is 81.6 Å². The van der Waals surface area contributed by atoms with Crippen molar-refractivity contribution in [1.29, 1.82) is 0 Å². The van der Waals surface area contributed by atoms with E-state index in [1.54, 1.807) is 64.3 Å². The van der Waals surface area contributed by atoms with Crippen molar-refractivity contribution in [1.82, 2.24) is 4.90 Å². The Kier molecular flexibility index (Phi) is 21.7. The first-order chi connectivity index (χ1) is 35.6. The number of hydroxylamine groups is 1. The molecule has 17 atom stereocenters. The molecule has 0 aromatic heterocycles. The summed E-state index contributed by atoms with van der Waals surface area (Å²) >= 11 is 13.4. The molecule has 4 aliphatic heterocycles. The Balaban J connectivity index is 1.19. The molecule has 1 aromatic carbocycles. The predicted octanol–water partition coefficient (Wildman–Crippen LogP) is 8.12. The summed E-state index contributed by atoms with van der Waals surface area (Å²) in [6, 6.07) is 4.04. The molecule has 0 bridgehead atoms. The monoisotopic (exact) mass is 1090 g/mol. The van der Waals surface area contributed by atoms with Gasteiger partial charge >= 0.3 is 5.97 Å². The van der Waals surface area contributed by atoms with E-state index in [4.69, 9.17) is 51.7 Å². The van der Waals surface area contributed by atoms with E-state index in [1.165, 1.54) is 18.9 Å². The van der Waals surface area contributed by atoms with Gasteiger partial charge in [0.15, 0.2) is 5.78 Å². The van der Waals surface area contributed by atoms with Crippen LogP contribution in [0.3, 0.4) is 0 Å². The Morgan fingerprint density at radius 3 is 2.32 bits per heavy atom. The van der Waals surface area contributed by atoms with Crippen molar-refractivity contribution >= 4 is 58.1 Å². The number of carbonyl (C=O) groups excluding carboxylic acids is 5. The van der Waals surface area contributed by atoms with Crippen molar-refractivity contribution in [2.75, 3.05) is 32.9 Å². The lowest BCUT2D eigenvalue weighted by Crippen LogP contribution is -2.65. The van der Waals surface area contributed by atoms with Crippen LogP contribution in [0.15, 0.2) is 53.6 Å². The second-order valence-corrected chi connectivity index (χ2v) is 22.8. The Morgan fingerprint density at radius 2 is 1.68 bits per heavy atom. The molecule has 3 saturated heterocycles. The minimum Gasteiger partial charge on any atom is -0.460 e. The number of hydrogen-bond acceptors (Lipinski definition) is 15. The van der Waals surface area contributed by atoms with Crippen molar-refractivity contribution in [3.63, 3.8) is 0 Å². The number of amides is 1. The number of carbonyl (C=O) groups is 5. The number of hydrogen-bond donors (Lipinski definition) is 3. The van der Waals surface area contributed by atoms with E-state index in [9.17, 15) is 39.3 Å². The van der Waals surface area contributed by atoms with Gasteiger partial charge in [-0.2, -0.15) is 0 Å². The molecule has 1 aliphatic carbocycles. The Bertz CT molecular complexity index is 2250. The van der Waals surface area contributed by atoms with E-state index in [2.05, 4.69) is 19.9 Å². The molecular formula is C57H82Cl2N2O14. The summed E-state index contributed by atoms with van der Waals surface area (Å²) in [7, 11) is 4.45. The number of Topliss-reactive ketones (excluding diaryl/α,β-unsaturated/α-hetero) is 3. The zero-order valence-electron chi connectivity index (χ0n) is 45.5. The van der Waals surface area contributed by atoms with E-state index < -0.39 is 102 Å². The van der Waals surface area contributed by atoms with Crippen molar-refractivity contribution < 1.29 is 67.8 Å². The van der Waals surface area contributed by atoms with E-state index in [0.29, 0.717) is 72.7 Å². The summed E-state index contributed by atoms with van der Waals surface area (Å²) in [5, 5.41) is 36.5. The van der Waals surface area contributed by atoms with Crippen molar-refractivity contribution in [2.24, 2.45) is 35.5 Å². The molecule has 16 nitrogen and oxygen atoms in total. The number of allylic oxidation sites excluding steroid dienone is 1. The van der Waals surface area contributed by atoms with E-state index in [1.807, 2.05) is 19.1 Å². The third kappa shape index (κ3) is 14.0. The fourth-order valence-corrected chi connectivity index (χ4v) is 12.9. The molecular weight excluding hydrogens is 1010 g/mol. The second-order valence-electron chi connectivity index (χ2n) is 21.9. The molecule has 6 rings (SSSR count). The minimum atomic E-state index is -2.51. The number of aliphatic hydroxyl groups excluding tert-OH is 2. The summed E-state index contributed by atoms with van der Waals surface area (Å²) in [4.78, 5) is 77.6. The maximum atomic E-state index is 14.7. The smallest absolute Gasteiger partial charge is 0.329 e. The molecule has 1 aromatic rings. The fraction of sp³-hybridized carbons (Fsp3) is 0.702. The van der Waals surface area contributed by atoms with Crippen molar-refractivity contribution in [3.05, 3.63) is 63.7 Å². The predicted molar refractivity (Wildman–Crippen MR) is 284 cm³/mol. The van der Waals surface area contributed by atoms with Gasteiger partial charge in [-0.05, 0) is 126 Å². The van der Waals surface area contributed by atoms with Crippen LogP contribution < -0.4 is 5.06 Å². The highest BCUT2D eigenvalue weighted by Crippen LogP contribution is 2.46. The number of nitrogens with zero attached hydrogens (tertiary/aromatic N) is 2. The molecule has 5 aliphatic rings. The number of halogens is 2. The number of benzene rings is 1. The Labute approximate surface area is 453 Å². The first-order valence-corrected chi connectivity index (χ1v) is 27.7. The van der Waals surface area contributed by atoms with Gasteiger partial charge in [-0.15, -0.1) is 0 Å². The van der Waals surface area contributed by atoms with Gasteiger partial charge in [0.1, 0.15) is 41.9 Å². The molecule has 418 valence electrons. The maximum Gasteiger partial charge on any atom is 0.329 e. The zero-order valence-corrected chi connectivity index (χ0v) is 47.0. The number of piperidine rings is 1. The lowest BCUT2D eigenvalue weighted by atomic mass is 9.68. The lowest BCUT2D eigenvalue weighted by molar-refractivity contribution is -0.266. The fourth-order valence-electron chi connectivity index (χ4n) is 12.3. The molecule has 4 heterocycles. The standard InChI is InChI=1S/C57H82Cl2N2O14/c1-11-14-31(2)44-22-21-39(75-61(44)51-42(58)16-12-17-43(51)59)26-33(4)47(70-8)29-38-20-18-35(6)57(69,74-38)54(66)55(67)60-24-13-15-40-41(27-37-19-23-45(63)49(28-37)71-9)48(73-56(68)50(40)60)30-46(64)32(3)25-34(5)52(65)53(72-10)36(7)62/h12,16-17,21-22,25-26,31-32,35,37-41,44-45,47-50,52-53,63,65,69H,11,13-15,18-20,23-24,27-30H2,1-10H3/b33-26+,34-25+/t31-,32+,35+,37-,38-,39?,40?,41-,44?,45+,47-,48-,49+,50-,52+,53-,57+/m0/s1. The number of anilines is 1. The van der Waals surface area contributed by atoms with E-state index >= 15 is 0 Å². The molecule has 18 heteroatoms. The molecule has 75 heavy (non-hydrogen) atoms. The molecule has 0 spiro atoms. The molecule has 3 unspecified atom stereocenters. The van der Waals surface area contributed by atoms with Crippen LogP contribution in [0, 0.1) is 35.5 Å². The van der Waals surface area contributed by atoms with Crippen LogP contribution in [-0.4, -0.2) is 144 Å². The number of methoxy groups -OCH3 is 3. The van der Waals surface area contributed by atoms with E-state index in [0.717, 1.165) is 18.4 Å². The van der Waals surface area contributed by atoms with Gasteiger partial charge in [0, 0.05) is 58.5 Å². The zero-order chi connectivity index (χ0) is 55.1. The van der Waals surface area contributed by atoms with Crippen LogP contribution >= 0.6 is 23.2 Å². The number of aliphatic hydroxyl groups is 3. The number of rotatable bonds is 22. The molecule has 0 radical (unpaired) electrons. The van der Waals surface area contributed by atoms with E-state index in [-0.39, 0.29) is 48.8 Å². The Morgan fingerprint density at radius 1 is 0.973 bits per heavy atom. The summed E-state index contributed by atoms with van der Waals surface area (Å²) in [6.45, 7) is 12.5. The molecule has 4 fully saturated rings. The van der Waals surface area contributed by atoms with Gasteiger partial charge in [-0.3, -0.25) is 24.0 Å². The van der Waals surface area contributed by atoms with Crippen LogP contribution in [-0.2, 0) is 52.5 Å². The third-order valence-electron chi connectivity index (χ3n) is 16.7. The number of para-hydroxylation sites is 1. The van der Waals surface area contributed by atoms with Gasteiger partial charge in [0.05, 0.1) is 40.5 Å². The highest BCUT2D eigenvalue weighted by molar-refractivity contribution is 6.39. The summed E-state index contributed by atoms with van der Waals surface area (Å²) in [6.07, 6.45) is 7.64. The minimum absolute atomic E-state index is 0.0301. The number of likely N-dealkylation sites (tertiary alicyclic amines) is 1. The van der Waals surface area contributed by atoms with Crippen molar-refractivity contribution in [3.8, 4) is 0 Å². The summed E-state index contributed by atoms with van der Waals surface area (Å²) in [5.74, 6) is -8.25. The average molecular weight is 1090 g/mol. The number of ketones is 3. The topological polar surface area (TPSA) is 208 Å². The highest BCUT2D eigenvalue weighted by Gasteiger charge is 2.57. The van der Waals surface area contributed by atoms with Crippen molar-refractivity contribution in [2.45, 2.75) is 192 Å². The number of esters is 1. The number of cyclic esters (lactones) is 1. The first-order valence-electron chi connectivity index (χ1n) is 27.0. The number of ether oxygens (including phenoxy) is 5. The van der Waals surface area contributed by atoms with Crippen LogP contribution in [0.1, 0.15) is 126 Å². The second kappa shape index (κ2) is 26.9. The summed E-state index contributed by atoms with van der Waals surface area (Å²) < 4.78 is 29.3. The van der Waals surface area contributed by atoms with Gasteiger partial charge in [0.25, 0.3) is 11.7 Å². The molecule has 3 N–H and O–H groups in total. The van der Waals surface area contributed by atoms with Gasteiger partial charge in [0.2, 0.25) is 5.79 Å². The lowest BCUT2D eigenvalue weighted by Gasteiger charge is -2.50. The van der Waals surface area contributed by atoms with Crippen LogP contribution in [0.25, 0.3) is 0 Å². The summed E-state index contributed by atoms with van der Waals surface area (Å²) in [5.41, 5.74) is 1.77. The highest BCUT2D eigenvalue weighted by atomic mass is 35.5. The normalized spacial score (nSPS) is 32.7. The Hall–Kier alpha value is -3.55. The quantitative estimate of drug-likeness (QED) is 0.0569. The molecule has 1 saturated carbocycles. The first kappa shape index (κ1) is 60.7. The largest absolute Gasteiger partial charge is 0.460 e. The van der Waals surface area contributed by atoms with Crippen LogP contribution in [0.5, 0.6) is 0 Å². The van der Waals surface area contributed by atoms with Crippen LogP contribution in [0.4, 0.5) is 5.69 Å². The van der Waals surface area contributed by atoms with Gasteiger partial charge < -0.3 is 43.9 Å². The van der Waals surface area contributed by atoms with Crippen LogP contribution in [0.2, 0.25) is 10.0 Å².